The number of rotatable bonds is 1. The van der Waals surface area contributed by atoms with E-state index in [1.54, 1.807) is 6.07 Å². The molecule has 0 fully saturated rings. The fourth-order valence-electron chi connectivity index (χ4n) is 1.68. The average molecular weight is 260 g/mol. The van der Waals surface area contributed by atoms with Crippen molar-refractivity contribution < 1.29 is 9.13 Å². The van der Waals surface area contributed by atoms with E-state index in [0.717, 1.165) is 12.0 Å². The van der Waals surface area contributed by atoms with Crippen molar-refractivity contribution in [3.05, 3.63) is 28.0 Å². The molecule has 1 aromatic rings. The molecular formula is C10H11BrFNO. The monoisotopic (exact) mass is 259 g/mol. The molecule has 0 amide bonds. The standard InChI is InChI=1S/C10H11BrFNO/c1-13-9-2-3-14-10-5-8(12)7(11)4-6(9)10/h4-5,9,13H,2-3H2,1H3. The summed E-state index contributed by atoms with van der Waals surface area (Å²) in [5.41, 5.74) is 1.02. The molecule has 2 nitrogen and oxygen atoms in total. The van der Waals surface area contributed by atoms with Crippen LogP contribution < -0.4 is 10.1 Å². The molecule has 1 heterocycles. The van der Waals surface area contributed by atoms with Crippen molar-refractivity contribution in [2.45, 2.75) is 12.5 Å². The Balaban J connectivity index is 2.47. The summed E-state index contributed by atoms with van der Waals surface area (Å²) >= 11 is 3.17. The van der Waals surface area contributed by atoms with Gasteiger partial charge in [-0.05, 0) is 29.0 Å². The first kappa shape index (κ1) is 9.93. The summed E-state index contributed by atoms with van der Waals surface area (Å²) in [5, 5.41) is 3.18. The summed E-state index contributed by atoms with van der Waals surface area (Å²) in [5.74, 6) is 0.372. The number of halogens is 2. The molecule has 2 rings (SSSR count). The Bertz CT molecular complexity index is 356. The minimum atomic E-state index is -0.277. The van der Waals surface area contributed by atoms with Gasteiger partial charge < -0.3 is 10.1 Å². The van der Waals surface area contributed by atoms with Gasteiger partial charge in [-0.1, -0.05) is 0 Å². The first-order chi connectivity index (χ1) is 6.72. The fourth-order valence-corrected chi connectivity index (χ4v) is 2.04. The SMILES string of the molecule is CNC1CCOc2cc(F)c(Br)cc21. The molecule has 76 valence electrons. The van der Waals surface area contributed by atoms with Crippen LogP contribution in [0.15, 0.2) is 16.6 Å². The second-order valence-corrected chi connectivity index (χ2v) is 4.14. The van der Waals surface area contributed by atoms with Crippen LogP contribution in [-0.2, 0) is 0 Å². The minimum Gasteiger partial charge on any atom is -0.493 e. The van der Waals surface area contributed by atoms with Gasteiger partial charge in [0, 0.05) is 24.1 Å². The van der Waals surface area contributed by atoms with Crippen LogP contribution in [0, 0.1) is 5.82 Å². The molecule has 1 atom stereocenters. The quantitative estimate of drug-likeness (QED) is 0.838. The molecule has 1 unspecified atom stereocenters. The minimum absolute atomic E-state index is 0.260. The maximum Gasteiger partial charge on any atom is 0.141 e. The fraction of sp³-hybridized carbons (Fsp3) is 0.400. The van der Waals surface area contributed by atoms with E-state index in [1.165, 1.54) is 6.07 Å². The van der Waals surface area contributed by atoms with Crippen LogP contribution in [0.2, 0.25) is 0 Å². The molecule has 1 aliphatic rings. The van der Waals surface area contributed by atoms with Gasteiger partial charge >= 0.3 is 0 Å². The van der Waals surface area contributed by atoms with Gasteiger partial charge in [0.2, 0.25) is 0 Å². The van der Waals surface area contributed by atoms with Gasteiger partial charge in [-0.15, -0.1) is 0 Å². The molecule has 0 spiro atoms. The van der Waals surface area contributed by atoms with E-state index in [0.29, 0.717) is 16.8 Å². The second kappa shape index (κ2) is 3.87. The van der Waals surface area contributed by atoms with Crippen molar-refractivity contribution in [1.82, 2.24) is 5.32 Å². The maximum atomic E-state index is 13.2. The van der Waals surface area contributed by atoms with Crippen molar-refractivity contribution in [2.24, 2.45) is 0 Å². The highest BCUT2D eigenvalue weighted by atomic mass is 79.9. The van der Waals surface area contributed by atoms with E-state index >= 15 is 0 Å². The third-order valence-electron chi connectivity index (χ3n) is 2.44. The highest BCUT2D eigenvalue weighted by molar-refractivity contribution is 9.10. The lowest BCUT2D eigenvalue weighted by molar-refractivity contribution is 0.256. The molecule has 1 N–H and O–H groups in total. The number of hydrogen-bond acceptors (Lipinski definition) is 2. The van der Waals surface area contributed by atoms with Gasteiger partial charge in [-0.25, -0.2) is 4.39 Å². The summed E-state index contributed by atoms with van der Waals surface area (Å²) in [6.45, 7) is 0.638. The van der Waals surface area contributed by atoms with Crippen LogP contribution in [0.25, 0.3) is 0 Å². The Kier molecular flexibility index (Phi) is 2.74. The van der Waals surface area contributed by atoms with Crippen LogP contribution in [0.5, 0.6) is 5.75 Å². The Labute approximate surface area is 90.6 Å². The van der Waals surface area contributed by atoms with E-state index in [9.17, 15) is 4.39 Å². The van der Waals surface area contributed by atoms with Crippen molar-refractivity contribution in [1.29, 1.82) is 0 Å². The maximum absolute atomic E-state index is 13.2. The first-order valence-electron chi connectivity index (χ1n) is 4.51. The molecule has 1 aliphatic heterocycles. The van der Waals surface area contributed by atoms with Crippen LogP contribution >= 0.6 is 15.9 Å². The third kappa shape index (κ3) is 1.64. The first-order valence-corrected chi connectivity index (χ1v) is 5.30. The van der Waals surface area contributed by atoms with E-state index in [1.807, 2.05) is 7.05 Å². The molecule has 1 aromatic carbocycles. The van der Waals surface area contributed by atoms with Gasteiger partial charge in [0.25, 0.3) is 0 Å². The van der Waals surface area contributed by atoms with E-state index < -0.39 is 0 Å². The topological polar surface area (TPSA) is 21.3 Å². The Morgan fingerprint density at radius 1 is 1.57 bits per heavy atom. The predicted octanol–water partition coefficient (Wildman–Crippen LogP) is 2.63. The van der Waals surface area contributed by atoms with E-state index in [2.05, 4.69) is 21.2 Å². The van der Waals surface area contributed by atoms with E-state index in [-0.39, 0.29) is 11.9 Å². The predicted molar refractivity (Wildman–Crippen MR) is 56.0 cm³/mol. The number of hydrogen-bond donors (Lipinski definition) is 1. The van der Waals surface area contributed by atoms with Gasteiger partial charge in [0.1, 0.15) is 11.6 Å². The number of nitrogens with one attached hydrogen (secondary N) is 1. The summed E-state index contributed by atoms with van der Waals surface area (Å²) in [4.78, 5) is 0. The summed E-state index contributed by atoms with van der Waals surface area (Å²) in [6, 6.07) is 3.48. The number of fused-ring (bicyclic) bond motifs is 1. The van der Waals surface area contributed by atoms with Gasteiger partial charge in [-0.2, -0.15) is 0 Å². The third-order valence-corrected chi connectivity index (χ3v) is 3.05. The van der Waals surface area contributed by atoms with Gasteiger partial charge in [0.05, 0.1) is 11.1 Å². The molecule has 0 aromatic heterocycles. The Hall–Kier alpha value is -0.610. The molecule has 0 saturated heterocycles. The lowest BCUT2D eigenvalue weighted by Gasteiger charge is -2.25. The molecule has 0 aliphatic carbocycles. The Morgan fingerprint density at radius 2 is 2.36 bits per heavy atom. The van der Waals surface area contributed by atoms with Gasteiger partial charge in [0.15, 0.2) is 0 Å². The van der Waals surface area contributed by atoms with Crippen molar-refractivity contribution in [2.75, 3.05) is 13.7 Å². The molecule has 14 heavy (non-hydrogen) atoms. The number of benzene rings is 1. The zero-order valence-electron chi connectivity index (χ0n) is 7.81. The van der Waals surface area contributed by atoms with Gasteiger partial charge in [-0.3, -0.25) is 0 Å². The smallest absolute Gasteiger partial charge is 0.141 e. The second-order valence-electron chi connectivity index (χ2n) is 3.28. The average Bonchev–Trinajstić information content (AvgIpc) is 2.19. The lowest BCUT2D eigenvalue weighted by atomic mass is 10.0. The molecule has 4 heteroatoms. The highest BCUT2D eigenvalue weighted by Crippen LogP contribution is 2.35. The molecule has 0 saturated carbocycles. The Morgan fingerprint density at radius 3 is 3.07 bits per heavy atom. The zero-order chi connectivity index (χ0) is 10.1. The van der Waals surface area contributed by atoms with Crippen LogP contribution in [-0.4, -0.2) is 13.7 Å². The molecular weight excluding hydrogens is 249 g/mol. The summed E-state index contributed by atoms with van der Waals surface area (Å²) in [6.07, 6.45) is 0.918. The lowest BCUT2D eigenvalue weighted by Crippen LogP contribution is -2.24. The van der Waals surface area contributed by atoms with Crippen molar-refractivity contribution in [3.8, 4) is 5.75 Å². The van der Waals surface area contributed by atoms with Crippen LogP contribution in [0.1, 0.15) is 18.0 Å². The highest BCUT2D eigenvalue weighted by Gasteiger charge is 2.21. The molecule has 0 radical (unpaired) electrons. The van der Waals surface area contributed by atoms with Crippen LogP contribution in [0.3, 0.4) is 0 Å². The normalized spacial score (nSPS) is 20.1. The van der Waals surface area contributed by atoms with Crippen LogP contribution in [0.4, 0.5) is 4.39 Å². The number of ether oxygens (including phenoxy) is 1. The zero-order valence-corrected chi connectivity index (χ0v) is 9.40. The van der Waals surface area contributed by atoms with Crippen molar-refractivity contribution in [3.63, 3.8) is 0 Å². The van der Waals surface area contributed by atoms with Crippen molar-refractivity contribution >= 4 is 15.9 Å². The largest absolute Gasteiger partial charge is 0.493 e. The van der Waals surface area contributed by atoms with E-state index in [4.69, 9.17) is 4.74 Å². The molecule has 0 bridgehead atoms. The summed E-state index contributed by atoms with van der Waals surface area (Å²) < 4.78 is 19.1. The summed E-state index contributed by atoms with van der Waals surface area (Å²) in [7, 11) is 1.90.